The second-order valence-electron chi connectivity index (χ2n) is 5.18. The lowest BCUT2D eigenvalue weighted by molar-refractivity contribution is -0.127. The van der Waals surface area contributed by atoms with Crippen LogP contribution in [-0.2, 0) is 15.6 Å². The Morgan fingerprint density at radius 2 is 2.40 bits per heavy atom. The molecule has 0 aromatic rings. The molecule has 1 saturated carbocycles. The second-order valence-corrected chi connectivity index (χ2v) is 6.61. The van der Waals surface area contributed by atoms with Crippen molar-refractivity contribution < 1.29 is 9.00 Å². The van der Waals surface area contributed by atoms with Crippen LogP contribution in [0, 0.1) is 11.3 Å². The van der Waals surface area contributed by atoms with Crippen LogP contribution in [0.15, 0.2) is 11.6 Å². The summed E-state index contributed by atoms with van der Waals surface area (Å²) in [7, 11) is -0.990. The van der Waals surface area contributed by atoms with Gasteiger partial charge in [-0.1, -0.05) is 18.6 Å². The predicted molar refractivity (Wildman–Crippen MR) is 62.1 cm³/mol. The number of ketones is 1. The van der Waals surface area contributed by atoms with E-state index in [1.54, 1.807) is 6.26 Å². The highest BCUT2D eigenvalue weighted by molar-refractivity contribution is 7.85. The zero-order valence-corrected chi connectivity index (χ0v) is 10.2. The maximum absolute atomic E-state index is 12.1. The number of hydrogen-bond donors (Lipinski definition) is 0. The van der Waals surface area contributed by atoms with Gasteiger partial charge in [-0.2, -0.15) is 0 Å². The summed E-state index contributed by atoms with van der Waals surface area (Å²) in [6.07, 6.45) is 7.83. The number of fused-ring (bicyclic) bond motifs is 2. The van der Waals surface area contributed by atoms with E-state index in [1.807, 2.05) is 0 Å². The smallest absolute Gasteiger partial charge is 0.152 e. The van der Waals surface area contributed by atoms with Crippen LogP contribution in [0.5, 0.6) is 0 Å². The molecule has 0 aromatic heterocycles. The first-order chi connectivity index (χ1) is 7.02. The largest absolute Gasteiger partial charge is 0.298 e. The van der Waals surface area contributed by atoms with Gasteiger partial charge in [-0.3, -0.25) is 9.00 Å². The molecule has 2 aliphatic rings. The quantitative estimate of drug-likeness (QED) is 0.690. The summed E-state index contributed by atoms with van der Waals surface area (Å²) in [5.74, 6) is 1.08. The van der Waals surface area contributed by atoms with Gasteiger partial charge >= 0.3 is 0 Å². The lowest BCUT2D eigenvalue weighted by Crippen LogP contribution is -2.36. The normalized spacial score (nSPS) is 36.1. The fourth-order valence-electron chi connectivity index (χ4n) is 3.08. The van der Waals surface area contributed by atoms with Crippen LogP contribution in [0.2, 0.25) is 0 Å². The summed E-state index contributed by atoms with van der Waals surface area (Å²) in [4.78, 5) is 12.1. The second kappa shape index (κ2) is 3.85. The standard InChI is InChI=1S/C12H18O2S/c1-9-5-10-3-4-12(6-9,7-10)11(13)8-15(2)14/h3,9H,4-8H2,1-2H3. The minimum Gasteiger partial charge on any atom is -0.298 e. The van der Waals surface area contributed by atoms with Crippen molar-refractivity contribution in [2.45, 2.75) is 32.6 Å². The summed E-state index contributed by atoms with van der Waals surface area (Å²) in [6, 6.07) is 0. The molecule has 15 heavy (non-hydrogen) atoms. The number of Topliss-reactive ketones (excluding diaryl/α,β-unsaturated/α-hetero) is 1. The summed E-state index contributed by atoms with van der Waals surface area (Å²) < 4.78 is 11.1. The van der Waals surface area contributed by atoms with E-state index in [2.05, 4.69) is 13.0 Å². The van der Waals surface area contributed by atoms with Gasteiger partial charge < -0.3 is 0 Å². The Labute approximate surface area is 93.6 Å². The average Bonchev–Trinajstić information content (AvgIpc) is 2.42. The highest BCUT2D eigenvalue weighted by Gasteiger charge is 2.45. The highest BCUT2D eigenvalue weighted by atomic mass is 32.2. The first kappa shape index (κ1) is 11.1. The van der Waals surface area contributed by atoms with Gasteiger partial charge in [0.15, 0.2) is 5.78 Å². The molecule has 0 N–H and O–H groups in total. The lowest BCUT2D eigenvalue weighted by Gasteiger charge is -2.34. The maximum Gasteiger partial charge on any atom is 0.152 e. The van der Waals surface area contributed by atoms with Crippen molar-refractivity contribution >= 4 is 16.6 Å². The fraction of sp³-hybridized carbons (Fsp3) is 0.750. The van der Waals surface area contributed by atoms with Gasteiger partial charge in [0.05, 0.1) is 5.75 Å². The summed E-state index contributed by atoms with van der Waals surface area (Å²) >= 11 is 0. The molecule has 3 heteroatoms. The molecule has 2 nitrogen and oxygen atoms in total. The van der Waals surface area contributed by atoms with Crippen LogP contribution in [0.25, 0.3) is 0 Å². The van der Waals surface area contributed by atoms with E-state index in [1.165, 1.54) is 5.57 Å². The molecular formula is C12H18O2S. The first-order valence-corrected chi connectivity index (χ1v) is 7.26. The van der Waals surface area contributed by atoms with E-state index >= 15 is 0 Å². The van der Waals surface area contributed by atoms with Gasteiger partial charge in [-0.05, 0) is 31.6 Å². The van der Waals surface area contributed by atoms with Crippen LogP contribution in [0.4, 0.5) is 0 Å². The van der Waals surface area contributed by atoms with Crippen molar-refractivity contribution in [2.75, 3.05) is 12.0 Å². The first-order valence-electron chi connectivity index (χ1n) is 5.53. The number of hydrogen-bond acceptors (Lipinski definition) is 2. The molecule has 0 heterocycles. The van der Waals surface area contributed by atoms with Crippen LogP contribution in [-0.4, -0.2) is 22.0 Å². The molecule has 3 unspecified atom stereocenters. The molecule has 0 saturated heterocycles. The van der Waals surface area contributed by atoms with Crippen molar-refractivity contribution in [3.63, 3.8) is 0 Å². The van der Waals surface area contributed by atoms with E-state index in [0.717, 1.165) is 25.7 Å². The lowest BCUT2D eigenvalue weighted by atomic mass is 9.69. The van der Waals surface area contributed by atoms with Crippen LogP contribution >= 0.6 is 0 Å². The third-order valence-electron chi connectivity index (χ3n) is 3.62. The number of carbonyl (C=O) groups excluding carboxylic acids is 1. The van der Waals surface area contributed by atoms with Gasteiger partial charge in [0.2, 0.25) is 0 Å². The molecule has 0 radical (unpaired) electrons. The third kappa shape index (κ3) is 2.07. The summed E-state index contributed by atoms with van der Waals surface area (Å²) in [6.45, 7) is 2.21. The minimum absolute atomic E-state index is 0.168. The van der Waals surface area contributed by atoms with Crippen molar-refractivity contribution in [3.8, 4) is 0 Å². The minimum atomic E-state index is -0.990. The van der Waals surface area contributed by atoms with Crippen molar-refractivity contribution in [2.24, 2.45) is 11.3 Å². The molecule has 3 atom stereocenters. The molecule has 84 valence electrons. The Morgan fingerprint density at radius 3 is 3.07 bits per heavy atom. The van der Waals surface area contributed by atoms with Gasteiger partial charge in [-0.15, -0.1) is 0 Å². The van der Waals surface area contributed by atoms with E-state index < -0.39 is 10.8 Å². The van der Waals surface area contributed by atoms with Gasteiger partial charge in [0, 0.05) is 22.5 Å². The number of allylic oxidation sites excluding steroid dienone is 2. The SMILES string of the molecule is CC1CC2=CCC(C(=O)CS(C)=O)(C2)C1. The monoisotopic (exact) mass is 226 g/mol. The van der Waals surface area contributed by atoms with Crippen LogP contribution < -0.4 is 0 Å². The highest BCUT2D eigenvalue weighted by Crippen LogP contribution is 2.50. The molecule has 0 aliphatic heterocycles. The van der Waals surface area contributed by atoms with Gasteiger partial charge in [0.1, 0.15) is 0 Å². The van der Waals surface area contributed by atoms with Crippen molar-refractivity contribution in [1.82, 2.24) is 0 Å². The predicted octanol–water partition coefficient (Wildman–Crippen LogP) is 2.07. The van der Waals surface area contributed by atoms with E-state index in [0.29, 0.717) is 5.92 Å². The van der Waals surface area contributed by atoms with Crippen molar-refractivity contribution in [1.29, 1.82) is 0 Å². The van der Waals surface area contributed by atoms with Crippen molar-refractivity contribution in [3.05, 3.63) is 11.6 Å². The third-order valence-corrected chi connectivity index (χ3v) is 4.29. The molecule has 2 bridgehead atoms. The van der Waals surface area contributed by atoms with Gasteiger partial charge in [-0.25, -0.2) is 0 Å². The molecule has 0 spiro atoms. The zero-order chi connectivity index (χ0) is 11.1. The molecular weight excluding hydrogens is 208 g/mol. The summed E-state index contributed by atoms with van der Waals surface area (Å²) in [5.41, 5.74) is 1.28. The van der Waals surface area contributed by atoms with E-state index in [4.69, 9.17) is 0 Å². The maximum atomic E-state index is 12.1. The fourth-order valence-corrected chi connectivity index (χ4v) is 3.76. The average molecular weight is 226 g/mol. The topological polar surface area (TPSA) is 34.1 Å². The molecule has 0 aromatic carbocycles. The van der Waals surface area contributed by atoms with Gasteiger partial charge in [0.25, 0.3) is 0 Å². The number of carbonyl (C=O) groups is 1. The Hall–Kier alpha value is -0.440. The van der Waals surface area contributed by atoms with Crippen LogP contribution in [0.1, 0.15) is 32.6 Å². The Balaban J connectivity index is 2.14. The van der Waals surface area contributed by atoms with E-state index in [9.17, 15) is 9.00 Å². The Bertz CT molecular complexity index is 346. The molecule has 0 amide bonds. The Morgan fingerprint density at radius 1 is 1.67 bits per heavy atom. The zero-order valence-electron chi connectivity index (χ0n) is 9.41. The molecule has 1 fully saturated rings. The van der Waals surface area contributed by atoms with Crippen LogP contribution in [0.3, 0.4) is 0 Å². The Kier molecular flexibility index (Phi) is 2.84. The number of rotatable bonds is 3. The van der Waals surface area contributed by atoms with E-state index in [-0.39, 0.29) is 17.0 Å². The molecule has 2 aliphatic carbocycles. The molecule has 2 rings (SSSR count). The summed E-state index contributed by atoms with van der Waals surface area (Å²) in [5, 5.41) is 0.